The Morgan fingerprint density at radius 3 is 2.34 bits per heavy atom. The minimum atomic E-state index is -0.379. The molecule has 0 aliphatic rings. The fourth-order valence-electron chi connectivity index (χ4n) is 2.66. The Hall–Kier alpha value is -3.15. The van der Waals surface area contributed by atoms with Gasteiger partial charge in [-0.05, 0) is 49.1 Å². The molecule has 29 heavy (non-hydrogen) atoms. The van der Waals surface area contributed by atoms with Crippen LogP contribution in [0, 0.1) is 0 Å². The van der Waals surface area contributed by atoms with E-state index in [4.69, 9.17) is 4.74 Å². The van der Waals surface area contributed by atoms with Crippen LogP contribution in [-0.2, 0) is 20.7 Å². The van der Waals surface area contributed by atoms with Crippen LogP contribution in [0.5, 0.6) is 0 Å². The normalized spacial score (nSPS) is 10.2. The number of benzene rings is 2. The molecular weight excluding hydrogens is 368 g/mol. The van der Waals surface area contributed by atoms with Crippen LogP contribution in [0.1, 0.15) is 48.5 Å². The molecule has 6 heteroatoms. The molecule has 2 aromatic rings. The summed E-state index contributed by atoms with van der Waals surface area (Å²) in [4.78, 5) is 35.6. The topological polar surface area (TPSA) is 84.5 Å². The van der Waals surface area contributed by atoms with Gasteiger partial charge in [-0.15, -0.1) is 0 Å². The van der Waals surface area contributed by atoms with Crippen LogP contribution >= 0.6 is 0 Å². The molecule has 0 radical (unpaired) electrons. The van der Waals surface area contributed by atoms with E-state index in [9.17, 15) is 14.4 Å². The lowest BCUT2D eigenvalue weighted by atomic mass is 10.1. The van der Waals surface area contributed by atoms with E-state index in [-0.39, 0.29) is 30.6 Å². The minimum Gasteiger partial charge on any atom is -0.466 e. The Morgan fingerprint density at radius 1 is 0.931 bits per heavy atom. The highest BCUT2D eigenvalue weighted by Crippen LogP contribution is 2.11. The first-order valence-electron chi connectivity index (χ1n) is 9.96. The summed E-state index contributed by atoms with van der Waals surface area (Å²) in [5.74, 6) is -0.787. The highest BCUT2D eigenvalue weighted by Gasteiger charge is 2.09. The molecule has 2 rings (SSSR count). The predicted octanol–water partition coefficient (Wildman–Crippen LogP) is 3.72. The molecule has 0 saturated heterocycles. The predicted molar refractivity (Wildman–Crippen MR) is 113 cm³/mol. The molecule has 2 aromatic carbocycles. The number of esters is 1. The van der Waals surface area contributed by atoms with Gasteiger partial charge in [0.15, 0.2) is 0 Å². The molecule has 0 fully saturated rings. The SMILES string of the molecule is CCCNC(=O)c1ccc(NC(=O)CCC(=O)OCCCc2ccccc2)cc1. The molecule has 0 heterocycles. The summed E-state index contributed by atoms with van der Waals surface area (Å²) in [5, 5.41) is 5.51. The van der Waals surface area contributed by atoms with Crippen LogP contribution in [0.2, 0.25) is 0 Å². The average molecular weight is 396 g/mol. The van der Waals surface area contributed by atoms with Crippen LogP contribution in [0.15, 0.2) is 54.6 Å². The Labute approximate surface area is 171 Å². The van der Waals surface area contributed by atoms with E-state index in [1.54, 1.807) is 24.3 Å². The summed E-state index contributed by atoms with van der Waals surface area (Å²) in [6.07, 6.45) is 2.56. The number of carbonyl (C=O) groups is 3. The van der Waals surface area contributed by atoms with E-state index in [0.717, 1.165) is 19.3 Å². The second kappa shape index (κ2) is 12.3. The van der Waals surface area contributed by atoms with Gasteiger partial charge in [0.25, 0.3) is 5.91 Å². The zero-order valence-corrected chi connectivity index (χ0v) is 16.8. The fraction of sp³-hybridized carbons (Fsp3) is 0.348. The van der Waals surface area contributed by atoms with Gasteiger partial charge in [-0.2, -0.15) is 0 Å². The maximum absolute atomic E-state index is 12.0. The summed E-state index contributed by atoms with van der Waals surface area (Å²) in [7, 11) is 0. The number of ether oxygens (including phenoxy) is 1. The van der Waals surface area contributed by atoms with Crippen molar-refractivity contribution in [1.29, 1.82) is 0 Å². The van der Waals surface area contributed by atoms with E-state index in [0.29, 0.717) is 24.4 Å². The van der Waals surface area contributed by atoms with Crippen molar-refractivity contribution in [3.8, 4) is 0 Å². The molecule has 0 aromatic heterocycles. The van der Waals surface area contributed by atoms with Gasteiger partial charge in [0.2, 0.25) is 5.91 Å². The monoisotopic (exact) mass is 396 g/mol. The zero-order chi connectivity index (χ0) is 20.9. The van der Waals surface area contributed by atoms with Crippen molar-refractivity contribution in [2.45, 2.75) is 39.0 Å². The molecule has 0 atom stereocenters. The van der Waals surface area contributed by atoms with Crippen molar-refractivity contribution >= 4 is 23.5 Å². The van der Waals surface area contributed by atoms with Gasteiger partial charge in [-0.25, -0.2) is 0 Å². The quantitative estimate of drug-likeness (QED) is 0.448. The van der Waals surface area contributed by atoms with Crippen LogP contribution in [-0.4, -0.2) is 30.9 Å². The number of amides is 2. The second-order valence-corrected chi connectivity index (χ2v) is 6.69. The molecule has 0 bridgehead atoms. The zero-order valence-electron chi connectivity index (χ0n) is 16.8. The van der Waals surface area contributed by atoms with Crippen molar-refractivity contribution < 1.29 is 19.1 Å². The van der Waals surface area contributed by atoms with Gasteiger partial charge in [0.1, 0.15) is 0 Å². The van der Waals surface area contributed by atoms with Crippen LogP contribution in [0.25, 0.3) is 0 Å². The van der Waals surface area contributed by atoms with Gasteiger partial charge in [-0.3, -0.25) is 14.4 Å². The molecule has 0 aliphatic heterocycles. The molecule has 0 saturated carbocycles. The van der Waals surface area contributed by atoms with Crippen molar-refractivity contribution in [2.24, 2.45) is 0 Å². The number of hydrogen-bond acceptors (Lipinski definition) is 4. The van der Waals surface area contributed by atoms with E-state index >= 15 is 0 Å². The molecule has 0 aliphatic carbocycles. The van der Waals surface area contributed by atoms with Crippen LogP contribution in [0.3, 0.4) is 0 Å². The largest absolute Gasteiger partial charge is 0.466 e. The number of rotatable bonds is 11. The number of hydrogen-bond donors (Lipinski definition) is 2. The summed E-state index contributed by atoms with van der Waals surface area (Å²) in [6, 6.07) is 16.6. The maximum atomic E-state index is 12.0. The smallest absolute Gasteiger partial charge is 0.306 e. The standard InChI is InChI=1S/C23H28N2O4/c1-2-16-24-23(28)19-10-12-20(13-11-19)25-21(26)14-15-22(27)29-17-6-9-18-7-4-3-5-8-18/h3-5,7-8,10-13H,2,6,9,14-17H2,1H3,(H,24,28)(H,25,26). The first-order chi connectivity index (χ1) is 14.1. The van der Waals surface area contributed by atoms with Gasteiger partial charge in [-0.1, -0.05) is 37.3 Å². The summed E-state index contributed by atoms with van der Waals surface area (Å²) >= 11 is 0. The van der Waals surface area contributed by atoms with E-state index in [1.165, 1.54) is 5.56 Å². The summed E-state index contributed by atoms with van der Waals surface area (Å²) in [6.45, 7) is 2.95. The lowest BCUT2D eigenvalue weighted by Crippen LogP contribution is -2.23. The molecule has 2 amide bonds. The first-order valence-corrected chi connectivity index (χ1v) is 9.96. The summed E-state index contributed by atoms with van der Waals surface area (Å²) < 4.78 is 5.18. The highest BCUT2D eigenvalue weighted by molar-refractivity contribution is 5.96. The van der Waals surface area contributed by atoms with Gasteiger partial charge in [0, 0.05) is 24.2 Å². The van der Waals surface area contributed by atoms with Gasteiger partial charge in [0.05, 0.1) is 13.0 Å². The lowest BCUT2D eigenvalue weighted by Gasteiger charge is -2.08. The molecule has 0 spiro atoms. The molecule has 0 unspecified atom stereocenters. The Morgan fingerprint density at radius 2 is 1.66 bits per heavy atom. The van der Waals surface area contributed by atoms with Gasteiger partial charge >= 0.3 is 5.97 Å². The van der Waals surface area contributed by atoms with E-state index < -0.39 is 0 Å². The summed E-state index contributed by atoms with van der Waals surface area (Å²) in [5.41, 5.74) is 2.32. The third kappa shape index (κ3) is 8.60. The third-order valence-electron chi connectivity index (χ3n) is 4.24. The number of aryl methyl sites for hydroxylation is 1. The number of carbonyl (C=O) groups excluding carboxylic acids is 3. The molecule has 154 valence electrons. The second-order valence-electron chi connectivity index (χ2n) is 6.69. The highest BCUT2D eigenvalue weighted by atomic mass is 16.5. The molecule has 6 nitrogen and oxygen atoms in total. The Kier molecular flexibility index (Phi) is 9.42. The Balaban J connectivity index is 1.63. The third-order valence-corrected chi connectivity index (χ3v) is 4.24. The first kappa shape index (κ1) is 22.1. The Bertz CT molecular complexity index is 788. The van der Waals surface area contributed by atoms with Crippen LogP contribution < -0.4 is 10.6 Å². The van der Waals surface area contributed by atoms with Crippen molar-refractivity contribution in [3.05, 3.63) is 65.7 Å². The lowest BCUT2D eigenvalue weighted by molar-refractivity contribution is -0.144. The maximum Gasteiger partial charge on any atom is 0.306 e. The molecule has 2 N–H and O–H groups in total. The fourth-order valence-corrected chi connectivity index (χ4v) is 2.66. The van der Waals surface area contributed by atoms with Crippen molar-refractivity contribution in [2.75, 3.05) is 18.5 Å². The number of anilines is 1. The van der Waals surface area contributed by atoms with E-state index in [2.05, 4.69) is 10.6 Å². The molecular formula is C23H28N2O4. The van der Waals surface area contributed by atoms with Crippen molar-refractivity contribution in [3.63, 3.8) is 0 Å². The van der Waals surface area contributed by atoms with E-state index in [1.807, 2.05) is 37.3 Å². The average Bonchev–Trinajstić information content (AvgIpc) is 2.75. The van der Waals surface area contributed by atoms with Gasteiger partial charge < -0.3 is 15.4 Å². The minimum absolute atomic E-state index is 0.0364. The van der Waals surface area contributed by atoms with Crippen molar-refractivity contribution in [1.82, 2.24) is 5.32 Å². The number of nitrogens with one attached hydrogen (secondary N) is 2. The van der Waals surface area contributed by atoms with Crippen LogP contribution in [0.4, 0.5) is 5.69 Å².